The maximum atomic E-state index is 11.8. The molecule has 0 unspecified atom stereocenters. The van der Waals surface area contributed by atoms with Gasteiger partial charge in [-0.25, -0.2) is 4.79 Å². The van der Waals surface area contributed by atoms with Gasteiger partial charge in [0.15, 0.2) is 0 Å². The lowest BCUT2D eigenvalue weighted by atomic mass is 10.1. The molecule has 1 aromatic rings. The number of hydrogen-bond donors (Lipinski definition) is 0. The number of methoxy groups -OCH3 is 1. The van der Waals surface area contributed by atoms with Gasteiger partial charge in [-0.15, -0.1) is 0 Å². The molecule has 0 saturated carbocycles. The van der Waals surface area contributed by atoms with Crippen molar-refractivity contribution in [3.8, 4) is 5.75 Å². The van der Waals surface area contributed by atoms with Gasteiger partial charge in [-0.05, 0) is 45.4 Å². The van der Waals surface area contributed by atoms with Crippen LogP contribution in [0, 0.1) is 6.92 Å². The fourth-order valence-corrected chi connectivity index (χ4v) is 1.24. The molecular formula is C13H17O3. The highest BCUT2D eigenvalue weighted by atomic mass is 16.6. The maximum absolute atomic E-state index is 11.8. The third kappa shape index (κ3) is 3.26. The minimum atomic E-state index is -0.509. The average molecular weight is 221 g/mol. The van der Waals surface area contributed by atoms with Crippen molar-refractivity contribution < 1.29 is 14.3 Å². The van der Waals surface area contributed by atoms with Crippen LogP contribution in [0.4, 0.5) is 0 Å². The number of benzene rings is 1. The topological polar surface area (TPSA) is 35.5 Å². The summed E-state index contributed by atoms with van der Waals surface area (Å²) in [7, 11) is 1.52. The molecular weight excluding hydrogens is 204 g/mol. The Hall–Kier alpha value is -1.51. The molecule has 0 saturated heterocycles. The summed E-state index contributed by atoms with van der Waals surface area (Å²) >= 11 is 0. The normalized spacial score (nSPS) is 11.1. The van der Waals surface area contributed by atoms with E-state index in [1.165, 1.54) is 7.11 Å². The zero-order chi connectivity index (χ0) is 12.3. The van der Waals surface area contributed by atoms with Gasteiger partial charge in [-0.1, -0.05) is 6.07 Å². The lowest BCUT2D eigenvalue weighted by Gasteiger charge is -2.20. The molecule has 0 spiro atoms. The first kappa shape index (κ1) is 12.6. The molecule has 0 fully saturated rings. The summed E-state index contributed by atoms with van der Waals surface area (Å²) in [6.07, 6.45) is 0. The first-order valence-corrected chi connectivity index (χ1v) is 5.07. The van der Waals surface area contributed by atoms with Gasteiger partial charge in [-0.3, -0.25) is 0 Å². The summed E-state index contributed by atoms with van der Waals surface area (Å²) in [4.78, 5) is 11.8. The average Bonchev–Trinajstić information content (AvgIpc) is 2.14. The van der Waals surface area contributed by atoms with Crippen molar-refractivity contribution in [1.29, 1.82) is 0 Å². The molecule has 87 valence electrons. The molecule has 1 aromatic carbocycles. The first-order chi connectivity index (χ1) is 7.33. The molecule has 0 N–H and O–H groups in total. The van der Waals surface area contributed by atoms with Crippen LogP contribution in [0.3, 0.4) is 0 Å². The van der Waals surface area contributed by atoms with Crippen LogP contribution < -0.4 is 4.74 Å². The van der Waals surface area contributed by atoms with Crippen molar-refractivity contribution in [1.82, 2.24) is 0 Å². The predicted molar refractivity (Wildman–Crippen MR) is 62.6 cm³/mol. The van der Waals surface area contributed by atoms with Crippen LogP contribution in [-0.2, 0) is 4.74 Å². The molecule has 0 aliphatic carbocycles. The van der Waals surface area contributed by atoms with E-state index in [1.54, 1.807) is 18.2 Å². The second-order valence-corrected chi connectivity index (χ2v) is 4.54. The van der Waals surface area contributed by atoms with Gasteiger partial charge < -0.3 is 9.47 Å². The SMILES string of the molecule is [CH2]c1ccc(C(=O)OC(C)(C)C)c(OC)c1. The molecule has 16 heavy (non-hydrogen) atoms. The van der Waals surface area contributed by atoms with Crippen molar-refractivity contribution in [2.24, 2.45) is 0 Å². The number of carbonyl (C=O) groups is 1. The standard InChI is InChI=1S/C13H17O3/c1-9-6-7-10(11(8-9)15-5)12(14)16-13(2,3)4/h6-8H,1H2,2-5H3. The second kappa shape index (κ2) is 4.56. The number of rotatable bonds is 2. The smallest absolute Gasteiger partial charge is 0.342 e. The fourth-order valence-electron chi connectivity index (χ4n) is 1.24. The Morgan fingerprint density at radius 1 is 1.31 bits per heavy atom. The summed E-state index contributed by atoms with van der Waals surface area (Å²) < 4.78 is 10.4. The number of ether oxygens (including phenoxy) is 2. The van der Waals surface area contributed by atoms with Crippen LogP contribution >= 0.6 is 0 Å². The van der Waals surface area contributed by atoms with Crippen molar-refractivity contribution in [3.05, 3.63) is 36.2 Å². The Balaban J connectivity index is 2.99. The zero-order valence-corrected chi connectivity index (χ0v) is 10.2. The minimum absolute atomic E-state index is 0.385. The molecule has 0 aliphatic rings. The molecule has 0 aliphatic heterocycles. The van der Waals surface area contributed by atoms with Crippen LogP contribution in [0.1, 0.15) is 36.7 Å². The number of hydrogen-bond acceptors (Lipinski definition) is 3. The molecule has 1 rings (SSSR count). The molecule has 0 aromatic heterocycles. The lowest BCUT2D eigenvalue weighted by Crippen LogP contribution is -2.24. The van der Waals surface area contributed by atoms with Crippen molar-refractivity contribution >= 4 is 5.97 Å². The third-order valence-corrected chi connectivity index (χ3v) is 1.88. The highest BCUT2D eigenvalue weighted by Gasteiger charge is 2.20. The Morgan fingerprint density at radius 2 is 1.94 bits per heavy atom. The van der Waals surface area contributed by atoms with Gasteiger partial charge in [0.1, 0.15) is 16.9 Å². The highest BCUT2D eigenvalue weighted by molar-refractivity contribution is 5.92. The summed E-state index contributed by atoms with van der Waals surface area (Å²) in [5.41, 5.74) is 0.708. The third-order valence-electron chi connectivity index (χ3n) is 1.88. The Morgan fingerprint density at radius 3 is 2.44 bits per heavy atom. The van der Waals surface area contributed by atoms with Crippen LogP contribution in [0.5, 0.6) is 5.75 Å². The molecule has 0 heterocycles. The molecule has 3 heteroatoms. The maximum Gasteiger partial charge on any atom is 0.342 e. The van der Waals surface area contributed by atoms with Gasteiger partial charge in [0.2, 0.25) is 0 Å². The highest BCUT2D eigenvalue weighted by Crippen LogP contribution is 2.22. The summed E-state index contributed by atoms with van der Waals surface area (Å²) in [6.45, 7) is 9.25. The van der Waals surface area contributed by atoms with E-state index >= 15 is 0 Å². The summed E-state index contributed by atoms with van der Waals surface area (Å²) in [6, 6.07) is 5.12. The monoisotopic (exact) mass is 221 g/mol. The predicted octanol–water partition coefficient (Wildman–Crippen LogP) is 2.83. The first-order valence-electron chi connectivity index (χ1n) is 5.07. The van der Waals surface area contributed by atoms with E-state index < -0.39 is 5.60 Å². The second-order valence-electron chi connectivity index (χ2n) is 4.54. The van der Waals surface area contributed by atoms with Crippen molar-refractivity contribution in [3.63, 3.8) is 0 Å². The molecule has 3 nitrogen and oxygen atoms in total. The van der Waals surface area contributed by atoms with Crippen molar-refractivity contribution in [2.45, 2.75) is 26.4 Å². The minimum Gasteiger partial charge on any atom is -0.496 e. The van der Waals surface area contributed by atoms with Gasteiger partial charge in [0, 0.05) is 0 Å². The van der Waals surface area contributed by atoms with Crippen LogP contribution in [-0.4, -0.2) is 18.7 Å². The van der Waals surface area contributed by atoms with Gasteiger partial charge in [0.05, 0.1) is 7.11 Å². The van der Waals surface area contributed by atoms with E-state index in [1.807, 2.05) is 20.8 Å². The van der Waals surface area contributed by atoms with Gasteiger partial charge in [0.25, 0.3) is 0 Å². The zero-order valence-electron chi connectivity index (χ0n) is 10.2. The van der Waals surface area contributed by atoms with Crippen LogP contribution in [0.15, 0.2) is 18.2 Å². The Kier molecular flexibility index (Phi) is 3.58. The quantitative estimate of drug-likeness (QED) is 0.720. The summed E-state index contributed by atoms with van der Waals surface area (Å²) in [5.74, 6) is 0.103. The molecule has 1 radical (unpaired) electrons. The van der Waals surface area contributed by atoms with Gasteiger partial charge >= 0.3 is 5.97 Å². The van der Waals surface area contributed by atoms with E-state index in [4.69, 9.17) is 9.47 Å². The van der Waals surface area contributed by atoms with E-state index in [0.29, 0.717) is 11.3 Å². The van der Waals surface area contributed by atoms with Crippen LogP contribution in [0.25, 0.3) is 0 Å². The van der Waals surface area contributed by atoms with E-state index in [2.05, 4.69) is 6.92 Å². The molecule has 0 atom stereocenters. The van der Waals surface area contributed by atoms with Crippen LogP contribution in [0.2, 0.25) is 0 Å². The number of esters is 1. The Bertz CT molecular complexity index is 389. The molecule has 0 amide bonds. The van der Waals surface area contributed by atoms with E-state index in [0.717, 1.165) is 5.56 Å². The van der Waals surface area contributed by atoms with E-state index in [9.17, 15) is 4.79 Å². The van der Waals surface area contributed by atoms with E-state index in [-0.39, 0.29) is 5.97 Å². The Labute approximate surface area is 96.4 Å². The molecule has 0 bridgehead atoms. The van der Waals surface area contributed by atoms with Gasteiger partial charge in [-0.2, -0.15) is 0 Å². The summed E-state index contributed by atoms with van der Waals surface area (Å²) in [5, 5.41) is 0. The van der Waals surface area contributed by atoms with Crippen molar-refractivity contribution in [2.75, 3.05) is 7.11 Å². The largest absolute Gasteiger partial charge is 0.496 e. The fraction of sp³-hybridized carbons (Fsp3) is 0.385. The number of carbonyl (C=O) groups excluding carboxylic acids is 1. The lowest BCUT2D eigenvalue weighted by molar-refractivity contribution is 0.00666.